The van der Waals surface area contributed by atoms with Gasteiger partial charge in [-0.25, -0.2) is 0 Å². The van der Waals surface area contributed by atoms with Crippen LogP contribution in [0.4, 0.5) is 11.4 Å². The van der Waals surface area contributed by atoms with Gasteiger partial charge in [0.1, 0.15) is 0 Å². The first-order chi connectivity index (χ1) is 9.60. The monoisotopic (exact) mass is 291 g/mol. The van der Waals surface area contributed by atoms with Gasteiger partial charge in [0.05, 0.1) is 16.9 Å². The van der Waals surface area contributed by atoms with Gasteiger partial charge in [-0.15, -0.1) is 0 Å². The fourth-order valence-electron chi connectivity index (χ4n) is 1.79. The van der Waals surface area contributed by atoms with E-state index < -0.39 is 5.54 Å². The van der Waals surface area contributed by atoms with E-state index in [-0.39, 0.29) is 23.3 Å². The first-order valence-corrected chi connectivity index (χ1v) is 6.61. The summed E-state index contributed by atoms with van der Waals surface area (Å²) < 4.78 is 0. The van der Waals surface area contributed by atoms with E-state index in [1.165, 1.54) is 13.8 Å². The van der Waals surface area contributed by atoms with Crippen LogP contribution in [0.3, 0.4) is 0 Å². The minimum Gasteiger partial charge on any atom is -0.347 e. The molecule has 0 radical (unpaired) electrons. The number of carbonyl (C=O) groups is 3. The number of rotatable bonds is 3. The minimum atomic E-state index is -0.437. The quantitative estimate of drug-likeness (QED) is 0.797. The van der Waals surface area contributed by atoms with Crippen LogP contribution in [0.25, 0.3) is 0 Å². The molecule has 6 nitrogen and oxygen atoms in total. The summed E-state index contributed by atoms with van der Waals surface area (Å²) in [5.74, 6) is -0.949. The fourth-order valence-corrected chi connectivity index (χ4v) is 1.79. The molecular formula is C15H21N3O3. The van der Waals surface area contributed by atoms with Gasteiger partial charge < -0.3 is 16.0 Å². The Labute approximate surface area is 124 Å². The third-order valence-electron chi connectivity index (χ3n) is 2.40. The largest absolute Gasteiger partial charge is 0.347 e. The average molecular weight is 291 g/mol. The van der Waals surface area contributed by atoms with Crippen LogP contribution in [0, 0.1) is 0 Å². The zero-order chi connectivity index (χ0) is 16.2. The molecule has 3 amide bonds. The number of anilines is 2. The molecule has 0 aliphatic rings. The summed E-state index contributed by atoms with van der Waals surface area (Å²) in [5.41, 5.74) is 0.511. The molecule has 0 bridgehead atoms. The van der Waals surface area contributed by atoms with Crippen LogP contribution in [-0.2, 0) is 9.59 Å². The van der Waals surface area contributed by atoms with E-state index in [0.29, 0.717) is 11.4 Å². The van der Waals surface area contributed by atoms with Gasteiger partial charge in [0, 0.05) is 19.4 Å². The lowest BCUT2D eigenvalue weighted by molar-refractivity contribution is -0.115. The summed E-state index contributed by atoms with van der Waals surface area (Å²) in [6.07, 6.45) is 0. The molecule has 0 aliphatic heterocycles. The first-order valence-electron chi connectivity index (χ1n) is 6.61. The maximum absolute atomic E-state index is 12.5. The average Bonchev–Trinajstić information content (AvgIpc) is 2.24. The van der Waals surface area contributed by atoms with Crippen LogP contribution in [-0.4, -0.2) is 23.3 Å². The Balaban J connectivity index is 3.30. The third kappa shape index (κ3) is 5.25. The Bertz CT molecular complexity index is 540. The summed E-state index contributed by atoms with van der Waals surface area (Å²) in [4.78, 5) is 35.0. The van der Waals surface area contributed by atoms with Crippen LogP contribution in [0.15, 0.2) is 18.2 Å². The second-order valence-electron chi connectivity index (χ2n) is 5.79. The van der Waals surface area contributed by atoms with E-state index in [9.17, 15) is 14.4 Å². The highest BCUT2D eigenvalue weighted by atomic mass is 16.2. The Morgan fingerprint density at radius 2 is 1.33 bits per heavy atom. The van der Waals surface area contributed by atoms with Crippen molar-refractivity contribution in [3.05, 3.63) is 23.8 Å². The number of nitrogens with one attached hydrogen (secondary N) is 3. The summed E-state index contributed by atoms with van der Waals surface area (Å²) in [5, 5.41) is 8.03. The molecule has 0 aromatic heterocycles. The number of benzene rings is 1. The number of amides is 3. The summed E-state index contributed by atoms with van der Waals surface area (Å²) in [7, 11) is 0. The van der Waals surface area contributed by atoms with Gasteiger partial charge in [0.25, 0.3) is 5.91 Å². The molecule has 0 saturated carbocycles. The van der Waals surface area contributed by atoms with Crippen molar-refractivity contribution >= 4 is 29.1 Å². The standard InChI is InChI=1S/C15H21N3O3/c1-9(19)16-11-7-6-8-12(17-10(2)20)13(11)14(21)18-15(3,4)5/h6-8H,1-5H3,(H,16,19)(H,17,20)(H,18,21). The molecule has 1 aromatic carbocycles. The van der Waals surface area contributed by atoms with Crippen LogP contribution < -0.4 is 16.0 Å². The van der Waals surface area contributed by atoms with Crippen molar-refractivity contribution in [2.75, 3.05) is 10.6 Å². The molecule has 0 atom stereocenters. The second kappa shape index (κ2) is 6.39. The topological polar surface area (TPSA) is 87.3 Å². The van der Waals surface area contributed by atoms with Crippen LogP contribution in [0.1, 0.15) is 45.0 Å². The van der Waals surface area contributed by atoms with Crippen LogP contribution in [0.2, 0.25) is 0 Å². The first kappa shape index (κ1) is 16.7. The van der Waals surface area contributed by atoms with Crippen molar-refractivity contribution in [3.8, 4) is 0 Å². The number of hydrogen-bond donors (Lipinski definition) is 3. The van der Waals surface area contributed by atoms with E-state index in [1.807, 2.05) is 20.8 Å². The van der Waals surface area contributed by atoms with Crippen molar-refractivity contribution in [1.29, 1.82) is 0 Å². The van der Waals surface area contributed by atoms with Gasteiger partial charge in [-0.1, -0.05) is 6.07 Å². The fraction of sp³-hybridized carbons (Fsp3) is 0.400. The summed E-state index contributed by atoms with van der Waals surface area (Å²) in [6.45, 7) is 8.27. The molecule has 0 unspecified atom stereocenters. The number of hydrogen-bond acceptors (Lipinski definition) is 3. The van der Waals surface area contributed by atoms with Crippen LogP contribution in [0.5, 0.6) is 0 Å². The highest BCUT2D eigenvalue weighted by Gasteiger charge is 2.22. The predicted octanol–water partition coefficient (Wildman–Crippen LogP) is 2.13. The lowest BCUT2D eigenvalue weighted by Gasteiger charge is -2.23. The van der Waals surface area contributed by atoms with Gasteiger partial charge in [-0.2, -0.15) is 0 Å². The minimum absolute atomic E-state index is 0.234. The summed E-state index contributed by atoms with van der Waals surface area (Å²) >= 11 is 0. The molecule has 3 N–H and O–H groups in total. The molecule has 6 heteroatoms. The third-order valence-corrected chi connectivity index (χ3v) is 2.40. The lowest BCUT2D eigenvalue weighted by atomic mass is 10.0. The molecule has 1 aromatic rings. The zero-order valence-corrected chi connectivity index (χ0v) is 13.0. The molecule has 0 heterocycles. The van der Waals surface area contributed by atoms with Crippen molar-refractivity contribution in [1.82, 2.24) is 5.32 Å². The van der Waals surface area contributed by atoms with Gasteiger partial charge >= 0.3 is 0 Å². The van der Waals surface area contributed by atoms with E-state index in [4.69, 9.17) is 0 Å². The Morgan fingerprint density at radius 3 is 1.67 bits per heavy atom. The van der Waals surface area contributed by atoms with E-state index in [1.54, 1.807) is 18.2 Å². The smallest absolute Gasteiger partial charge is 0.255 e. The Kier molecular flexibility index (Phi) is 5.07. The highest BCUT2D eigenvalue weighted by Crippen LogP contribution is 2.25. The normalized spacial score (nSPS) is 10.7. The van der Waals surface area contributed by atoms with Crippen molar-refractivity contribution in [2.24, 2.45) is 0 Å². The summed E-state index contributed by atoms with van der Waals surface area (Å²) in [6, 6.07) is 4.89. The van der Waals surface area contributed by atoms with E-state index in [0.717, 1.165) is 0 Å². The van der Waals surface area contributed by atoms with E-state index in [2.05, 4.69) is 16.0 Å². The molecule has 0 fully saturated rings. The molecule has 114 valence electrons. The van der Waals surface area contributed by atoms with Crippen molar-refractivity contribution in [3.63, 3.8) is 0 Å². The van der Waals surface area contributed by atoms with Gasteiger partial charge in [0.2, 0.25) is 11.8 Å². The molecule has 0 aliphatic carbocycles. The van der Waals surface area contributed by atoms with Crippen molar-refractivity contribution < 1.29 is 14.4 Å². The van der Waals surface area contributed by atoms with Crippen LogP contribution >= 0.6 is 0 Å². The number of carbonyl (C=O) groups excluding carboxylic acids is 3. The lowest BCUT2D eigenvalue weighted by Crippen LogP contribution is -2.41. The van der Waals surface area contributed by atoms with Gasteiger partial charge in [-0.05, 0) is 32.9 Å². The molecule has 0 saturated heterocycles. The molecule has 21 heavy (non-hydrogen) atoms. The zero-order valence-electron chi connectivity index (χ0n) is 13.0. The predicted molar refractivity (Wildman–Crippen MR) is 82.3 cm³/mol. The Hall–Kier alpha value is -2.37. The van der Waals surface area contributed by atoms with E-state index >= 15 is 0 Å². The SMILES string of the molecule is CC(=O)Nc1cccc(NC(C)=O)c1C(=O)NC(C)(C)C. The molecule has 0 spiro atoms. The van der Waals surface area contributed by atoms with Crippen molar-refractivity contribution in [2.45, 2.75) is 40.2 Å². The highest BCUT2D eigenvalue weighted by molar-refractivity contribution is 6.10. The maximum atomic E-state index is 12.5. The molecule has 1 rings (SSSR count). The maximum Gasteiger partial charge on any atom is 0.255 e. The van der Waals surface area contributed by atoms with Gasteiger partial charge in [-0.3, -0.25) is 14.4 Å². The second-order valence-corrected chi connectivity index (χ2v) is 5.79. The molecular weight excluding hydrogens is 270 g/mol. The van der Waals surface area contributed by atoms with Gasteiger partial charge in [0.15, 0.2) is 0 Å². The Morgan fingerprint density at radius 1 is 0.905 bits per heavy atom.